The van der Waals surface area contributed by atoms with Gasteiger partial charge in [-0.15, -0.1) is 0 Å². The van der Waals surface area contributed by atoms with E-state index in [1.165, 1.54) is 40.1 Å². The Hall–Kier alpha value is -2.06. The molecule has 4 aliphatic rings. The first-order valence-corrected chi connectivity index (χ1v) is 8.50. The molecule has 0 N–H and O–H groups in total. The number of hydrogen-bond donors (Lipinski definition) is 0. The van der Waals surface area contributed by atoms with Gasteiger partial charge in [-0.25, -0.2) is 0 Å². The van der Waals surface area contributed by atoms with E-state index in [9.17, 15) is 19.2 Å². The van der Waals surface area contributed by atoms with Crippen LogP contribution in [0.4, 0.5) is 0 Å². The molecular weight excluding hydrogens is 342 g/mol. The Kier molecular flexibility index (Phi) is 4.52. The van der Waals surface area contributed by atoms with Crippen LogP contribution in [0.25, 0.3) is 0 Å². The number of methoxy groups -OCH3 is 3. The van der Waals surface area contributed by atoms with Crippen LogP contribution in [0.2, 0.25) is 0 Å². The number of esters is 1. The van der Waals surface area contributed by atoms with Crippen LogP contribution in [0.3, 0.4) is 0 Å². The number of Topliss-reactive ketones (excluding diaryl/α,β-unsaturated/α-hetero) is 2. The Morgan fingerprint density at radius 3 is 2.23 bits per heavy atom. The van der Waals surface area contributed by atoms with Crippen molar-refractivity contribution in [2.75, 3.05) is 21.3 Å². The van der Waals surface area contributed by atoms with Gasteiger partial charge in [0, 0.05) is 39.9 Å². The molecule has 0 radical (unpaired) electrons. The highest BCUT2D eigenvalue weighted by Crippen LogP contribution is 2.57. The molecule has 0 spiro atoms. The number of carbonyl (C=O) groups excluding carboxylic acids is 4. The Morgan fingerprint density at radius 1 is 1.15 bits per heavy atom. The van der Waals surface area contributed by atoms with E-state index in [1.54, 1.807) is 6.08 Å². The molecule has 4 rings (SSSR count). The van der Waals surface area contributed by atoms with Gasteiger partial charge in [-0.3, -0.25) is 19.2 Å². The van der Waals surface area contributed by atoms with Gasteiger partial charge in [0.05, 0.1) is 30.7 Å². The third kappa shape index (κ3) is 2.21. The van der Waals surface area contributed by atoms with Crippen molar-refractivity contribution in [3.8, 4) is 0 Å². The van der Waals surface area contributed by atoms with Gasteiger partial charge in [0.2, 0.25) is 11.7 Å². The van der Waals surface area contributed by atoms with Crippen molar-refractivity contribution in [1.29, 1.82) is 0 Å². The van der Waals surface area contributed by atoms with Crippen molar-refractivity contribution < 1.29 is 33.4 Å². The maximum atomic E-state index is 13.1. The van der Waals surface area contributed by atoms with Crippen LogP contribution in [0.15, 0.2) is 11.8 Å². The van der Waals surface area contributed by atoms with Crippen LogP contribution in [0.1, 0.15) is 20.3 Å². The molecule has 1 heterocycles. The van der Waals surface area contributed by atoms with Crippen LogP contribution in [-0.4, -0.2) is 61.5 Å². The zero-order valence-corrected chi connectivity index (χ0v) is 15.5. The fourth-order valence-corrected chi connectivity index (χ4v) is 5.08. The third-order valence-electron chi connectivity index (χ3n) is 6.01. The summed E-state index contributed by atoms with van der Waals surface area (Å²) in [6.45, 7) is 2.73. The minimum atomic E-state index is -1.66. The molecule has 142 valence electrons. The first kappa shape index (κ1) is 18.7. The number of rotatable bonds is 4. The zero-order valence-electron chi connectivity index (χ0n) is 15.5. The van der Waals surface area contributed by atoms with Gasteiger partial charge in [0.1, 0.15) is 0 Å². The Bertz CT molecular complexity index is 708. The summed E-state index contributed by atoms with van der Waals surface area (Å²) < 4.78 is 15.9. The standard InChI is InChI=1S/C18H23NO7/c1-8(20)13-7-10-11-6-12(17(23)24-3)14(15(10)19(13)9(2)21)18(25-4,26-5)16(11)22/h7,10-12,14-15H,6H2,1-5H3/t10-,11+,12?,14-,15-/m1/s1. The molecule has 2 bridgehead atoms. The van der Waals surface area contributed by atoms with Crippen molar-refractivity contribution in [2.45, 2.75) is 32.1 Å². The third-order valence-corrected chi connectivity index (χ3v) is 6.01. The van der Waals surface area contributed by atoms with E-state index in [0.717, 1.165) is 0 Å². The molecule has 1 unspecified atom stereocenters. The Morgan fingerprint density at radius 2 is 1.77 bits per heavy atom. The van der Waals surface area contributed by atoms with Gasteiger partial charge >= 0.3 is 5.97 Å². The molecule has 1 aliphatic heterocycles. The molecule has 0 aromatic carbocycles. The molecule has 8 nitrogen and oxygen atoms in total. The molecule has 8 heteroatoms. The molecule has 3 aliphatic carbocycles. The van der Waals surface area contributed by atoms with Crippen molar-refractivity contribution in [1.82, 2.24) is 4.90 Å². The maximum absolute atomic E-state index is 13.1. The smallest absolute Gasteiger partial charge is 0.309 e. The van der Waals surface area contributed by atoms with Gasteiger partial charge in [-0.1, -0.05) is 6.08 Å². The van der Waals surface area contributed by atoms with Crippen molar-refractivity contribution >= 4 is 23.4 Å². The van der Waals surface area contributed by atoms with Crippen molar-refractivity contribution in [3.63, 3.8) is 0 Å². The monoisotopic (exact) mass is 365 g/mol. The number of ketones is 2. The number of ether oxygens (including phenoxy) is 3. The largest absolute Gasteiger partial charge is 0.469 e. The topological polar surface area (TPSA) is 99.2 Å². The average Bonchev–Trinajstić information content (AvgIpc) is 3.03. The normalized spacial score (nSPS) is 34.3. The Labute approximate surface area is 151 Å². The van der Waals surface area contributed by atoms with E-state index >= 15 is 0 Å². The summed E-state index contributed by atoms with van der Waals surface area (Å²) in [4.78, 5) is 51.4. The van der Waals surface area contributed by atoms with Crippen LogP contribution in [0.5, 0.6) is 0 Å². The summed E-state index contributed by atoms with van der Waals surface area (Å²) in [5, 5.41) is 0. The summed E-state index contributed by atoms with van der Waals surface area (Å²) in [6.07, 6.45) is 1.96. The van der Waals surface area contributed by atoms with Crippen LogP contribution < -0.4 is 0 Å². The number of fused-ring (bicyclic) bond motifs is 2. The van der Waals surface area contributed by atoms with Gasteiger partial charge in [-0.05, 0) is 6.42 Å². The molecule has 0 aromatic heterocycles. The van der Waals surface area contributed by atoms with E-state index in [1.807, 2.05) is 0 Å². The fourth-order valence-electron chi connectivity index (χ4n) is 5.08. The average molecular weight is 365 g/mol. The number of amides is 1. The summed E-state index contributed by atoms with van der Waals surface area (Å²) >= 11 is 0. The van der Waals surface area contributed by atoms with Crippen LogP contribution >= 0.6 is 0 Å². The lowest BCUT2D eigenvalue weighted by Crippen LogP contribution is -2.72. The fraction of sp³-hybridized carbons (Fsp3) is 0.667. The highest BCUT2D eigenvalue weighted by Gasteiger charge is 2.71. The number of allylic oxidation sites excluding steroid dienone is 1. The molecule has 0 aromatic rings. The molecule has 0 saturated heterocycles. The highest BCUT2D eigenvalue weighted by molar-refractivity contribution is 6.00. The lowest BCUT2D eigenvalue weighted by molar-refractivity contribution is -0.276. The second-order valence-corrected chi connectivity index (χ2v) is 7.00. The number of carbonyl (C=O) groups is 4. The minimum absolute atomic E-state index is 0.254. The number of nitrogens with zero attached hydrogens (tertiary/aromatic N) is 1. The molecule has 26 heavy (non-hydrogen) atoms. The second kappa shape index (κ2) is 6.28. The molecule has 1 amide bonds. The van der Waals surface area contributed by atoms with E-state index in [4.69, 9.17) is 14.2 Å². The maximum Gasteiger partial charge on any atom is 0.309 e. The molecule has 3 saturated carbocycles. The molecule has 3 fully saturated rings. The van der Waals surface area contributed by atoms with Crippen molar-refractivity contribution in [3.05, 3.63) is 11.8 Å². The molecule has 5 atom stereocenters. The van der Waals surface area contributed by atoms with E-state index < -0.39 is 35.6 Å². The predicted octanol–water partition coefficient (Wildman–Crippen LogP) is 0.303. The lowest BCUT2D eigenvalue weighted by Gasteiger charge is -2.57. The first-order chi connectivity index (χ1) is 12.2. The van der Waals surface area contributed by atoms with Gasteiger partial charge in [-0.2, -0.15) is 0 Å². The summed E-state index contributed by atoms with van der Waals surface area (Å²) in [7, 11) is 3.97. The summed E-state index contributed by atoms with van der Waals surface area (Å²) in [5.74, 6) is -5.41. The first-order valence-electron chi connectivity index (χ1n) is 8.50. The second-order valence-electron chi connectivity index (χ2n) is 7.00. The zero-order chi connectivity index (χ0) is 19.4. The molecular formula is C18H23NO7. The highest BCUT2D eigenvalue weighted by atomic mass is 16.7. The Balaban J connectivity index is 2.19. The summed E-state index contributed by atoms with van der Waals surface area (Å²) in [5.41, 5.74) is 0.254. The number of hydrogen-bond acceptors (Lipinski definition) is 7. The van der Waals surface area contributed by atoms with Gasteiger partial charge in [0.25, 0.3) is 0 Å². The minimum Gasteiger partial charge on any atom is -0.469 e. The van der Waals surface area contributed by atoms with E-state index in [0.29, 0.717) is 0 Å². The van der Waals surface area contributed by atoms with E-state index in [-0.39, 0.29) is 35.5 Å². The predicted molar refractivity (Wildman–Crippen MR) is 87.4 cm³/mol. The van der Waals surface area contributed by atoms with Gasteiger partial charge < -0.3 is 19.1 Å². The van der Waals surface area contributed by atoms with Crippen LogP contribution in [0, 0.1) is 23.7 Å². The lowest BCUT2D eigenvalue weighted by atomic mass is 9.54. The van der Waals surface area contributed by atoms with Crippen molar-refractivity contribution in [2.24, 2.45) is 23.7 Å². The summed E-state index contributed by atoms with van der Waals surface area (Å²) in [6, 6.07) is -0.577. The SMILES string of the molecule is COC(=O)C1C[C@@H]2C(=O)C(OC)(OC)[C@H]1[C@H]1[C@@H]2C=C(C(C)=O)N1C(C)=O. The van der Waals surface area contributed by atoms with Gasteiger partial charge in [0.15, 0.2) is 11.6 Å². The van der Waals surface area contributed by atoms with E-state index in [2.05, 4.69) is 0 Å². The quantitative estimate of drug-likeness (QED) is 0.522. The van der Waals surface area contributed by atoms with Crippen LogP contribution in [-0.2, 0) is 33.4 Å².